The Bertz CT molecular complexity index is 974. The lowest BCUT2D eigenvalue weighted by molar-refractivity contribution is -0.115. The molecular weight excluding hydrogens is 417 g/mol. The third kappa shape index (κ3) is 6.11. The quantitative estimate of drug-likeness (QED) is 0.566. The van der Waals surface area contributed by atoms with Crippen molar-refractivity contribution in [2.24, 2.45) is 0 Å². The van der Waals surface area contributed by atoms with Crippen LogP contribution in [-0.4, -0.2) is 39.7 Å². The van der Waals surface area contributed by atoms with Crippen LogP contribution in [0, 0.1) is 5.82 Å². The van der Waals surface area contributed by atoms with Gasteiger partial charge in [0.2, 0.25) is 5.95 Å². The minimum atomic E-state index is -0.395. The van der Waals surface area contributed by atoms with Crippen molar-refractivity contribution in [3.8, 4) is 0 Å². The number of benzene rings is 1. The fraction of sp³-hybridized carbons (Fsp3) is 0.364. The predicted octanol–water partition coefficient (Wildman–Crippen LogP) is 3.50. The van der Waals surface area contributed by atoms with Gasteiger partial charge in [-0.15, -0.1) is 0 Å². The molecule has 2 aromatic rings. The number of anilines is 1. The molecule has 0 bridgehead atoms. The molecular formula is C22H24FN5O2S. The van der Waals surface area contributed by atoms with E-state index in [0.717, 1.165) is 56.0 Å². The molecule has 162 valence electrons. The maximum absolute atomic E-state index is 13.0. The first kappa shape index (κ1) is 21.5. The molecule has 0 unspecified atom stereocenters. The summed E-state index contributed by atoms with van der Waals surface area (Å²) in [5.41, 5.74) is 1.72. The van der Waals surface area contributed by atoms with Gasteiger partial charge in [-0.1, -0.05) is 12.1 Å². The maximum Gasteiger partial charge on any atom is 0.290 e. The smallest absolute Gasteiger partial charge is 0.290 e. The standard InChI is InChI=1S/C22H24FN5O2S/c23-15-3-1-14(2-4-15)9-11-24-16-5-7-17(8-6-16)26-21-25-12-10-18(27-21)13-19-20(29)28-22(30)31-19/h1-4,10,12-13,16-17,24H,5-9,11H2,(H,25,26,27)(H,28,29,30)/b19-13+. The third-order valence-corrected chi connectivity index (χ3v) is 6.23. The number of imide groups is 1. The van der Waals surface area contributed by atoms with Crippen LogP contribution in [0.2, 0.25) is 0 Å². The molecule has 0 radical (unpaired) electrons. The molecule has 2 fully saturated rings. The van der Waals surface area contributed by atoms with Gasteiger partial charge in [0.15, 0.2) is 0 Å². The van der Waals surface area contributed by atoms with Crippen LogP contribution in [0.5, 0.6) is 0 Å². The molecule has 4 rings (SSSR count). The lowest BCUT2D eigenvalue weighted by atomic mass is 9.91. The van der Waals surface area contributed by atoms with E-state index in [2.05, 4.69) is 25.9 Å². The number of halogens is 1. The van der Waals surface area contributed by atoms with Gasteiger partial charge in [0.05, 0.1) is 10.6 Å². The number of hydrogen-bond acceptors (Lipinski definition) is 7. The van der Waals surface area contributed by atoms with Crippen LogP contribution in [0.3, 0.4) is 0 Å². The summed E-state index contributed by atoms with van der Waals surface area (Å²) in [6, 6.07) is 9.14. The molecule has 7 nitrogen and oxygen atoms in total. The van der Waals surface area contributed by atoms with E-state index in [9.17, 15) is 14.0 Å². The Balaban J connectivity index is 1.23. The summed E-state index contributed by atoms with van der Waals surface area (Å²) in [7, 11) is 0. The zero-order chi connectivity index (χ0) is 21.6. The lowest BCUT2D eigenvalue weighted by Gasteiger charge is -2.29. The first-order valence-corrected chi connectivity index (χ1v) is 11.2. The van der Waals surface area contributed by atoms with E-state index in [1.165, 1.54) is 12.1 Å². The highest BCUT2D eigenvalue weighted by molar-refractivity contribution is 8.18. The molecule has 1 saturated carbocycles. The molecule has 2 heterocycles. The molecule has 1 aromatic heterocycles. The molecule has 1 saturated heterocycles. The molecule has 1 aliphatic heterocycles. The molecule has 3 N–H and O–H groups in total. The second kappa shape index (κ2) is 10.0. The van der Waals surface area contributed by atoms with E-state index in [0.29, 0.717) is 28.6 Å². The summed E-state index contributed by atoms with van der Waals surface area (Å²) < 4.78 is 13.0. The van der Waals surface area contributed by atoms with Crippen LogP contribution in [-0.2, 0) is 11.2 Å². The number of hydrogen-bond donors (Lipinski definition) is 3. The molecule has 1 aromatic carbocycles. The zero-order valence-corrected chi connectivity index (χ0v) is 17.8. The average molecular weight is 442 g/mol. The van der Waals surface area contributed by atoms with Crippen LogP contribution >= 0.6 is 11.8 Å². The van der Waals surface area contributed by atoms with Crippen molar-refractivity contribution in [3.05, 3.63) is 58.5 Å². The Morgan fingerprint density at radius 3 is 2.55 bits per heavy atom. The first-order valence-electron chi connectivity index (χ1n) is 10.4. The molecule has 0 spiro atoms. The summed E-state index contributed by atoms with van der Waals surface area (Å²) in [5.74, 6) is -0.0723. The van der Waals surface area contributed by atoms with E-state index < -0.39 is 5.91 Å². The number of aromatic nitrogens is 2. The second-order valence-electron chi connectivity index (χ2n) is 7.68. The van der Waals surface area contributed by atoms with Crippen molar-refractivity contribution in [3.63, 3.8) is 0 Å². The van der Waals surface area contributed by atoms with Gasteiger partial charge in [0.25, 0.3) is 11.1 Å². The van der Waals surface area contributed by atoms with Crippen LogP contribution in [0.4, 0.5) is 15.1 Å². The highest BCUT2D eigenvalue weighted by atomic mass is 32.2. The highest BCUT2D eigenvalue weighted by Crippen LogP contribution is 2.25. The summed E-state index contributed by atoms with van der Waals surface area (Å²) in [6.07, 6.45) is 8.26. The van der Waals surface area contributed by atoms with Crippen LogP contribution in [0.25, 0.3) is 6.08 Å². The van der Waals surface area contributed by atoms with Crippen molar-refractivity contribution in [1.29, 1.82) is 0 Å². The number of nitrogens with zero attached hydrogens (tertiary/aromatic N) is 2. The maximum atomic E-state index is 13.0. The molecule has 0 atom stereocenters. The van der Waals surface area contributed by atoms with Crippen LogP contribution < -0.4 is 16.0 Å². The SMILES string of the molecule is O=C1NC(=O)/C(=C\c2ccnc(NC3CCC(NCCc4ccc(F)cc4)CC3)n2)S1. The van der Waals surface area contributed by atoms with Gasteiger partial charge < -0.3 is 10.6 Å². The number of rotatable bonds is 7. The van der Waals surface area contributed by atoms with Crippen LogP contribution in [0.1, 0.15) is 36.9 Å². The fourth-order valence-corrected chi connectivity index (χ4v) is 4.44. The fourth-order valence-electron chi connectivity index (χ4n) is 3.77. The summed E-state index contributed by atoms with van der Waals surface area (Å²) >= 11 is 0.873. The summed E-state index contributed by atoms with van der Waals surface area (Å²) in [4.78, 5) is 32.0. The average Bonchev–Trinajstić information content (AvgIpc) is 3.07. The minimum absolute atomic E-state index is 0.202. The normalized spacial score (nSPS) is 22.5. The Labute approximate surface area is 184 Å². The third-order valence-electron chi connectivity index (χ3n) is 5.42. The van der Waals surface area contributed by atoms with Crippen molar-refractivity contribution in [2.45, 2.75) is 44.2 Å². The van der Waals surface area contributed by atoms with Gasteiger partial charge in [0.1, 0.15) is 5.82 Å². The molecule has 2 aliphatic rings. The number of nitrogens with one attached hydrogen (secondary N) is 3. The van der Waals surface area contributed by atoms with E-state index in [1.807, 2.05) is 12.1 Å². The topological polar surface area (TPSA) is 96.0 Å². The monoisotopic (exact) mass is 441 g/mol. The van der Waals surface area contributed by atoms with E-state index in [4.69, 9.17) is 0 Å². The number of carbonyl (C=O) groups excluding carboxylic acids is 2. The Morgan fingerprint density at radius 2 is 1.84 bits per heavy atom. The number of thioether (sulfide) groups is 1. The van der Waals surface area contributed by atoms with E-state index >= 15 is 0 Å². The predicted molar refractivity (Wildman–Crippen MR) is 119 cm³/mol. The van der Waals surface area contributed by atoms with E-state index in [-0.39, 0.29) is 11.1 Å². The minimum Gasteiger partial charge on any atom is -0.351 e. The lowest BCUT2D eigenvalue weighted by Crippen LogP contribution is -2.38. The largest absolute Gasteiger partial charge is 0.351 e. The molecule has 1 aliphatic carbocycles. The Hall–Kier alpha value is -2.78. The van der Waals surface area contributed by atoms with Gasteiger partial charge in [0, 0.05) is 18.3 Å². The van der Waals surface area contributed by atoms with E-state index in [1.54, 1.807) is 18.3 Å². The second-order valence-corrected chi connectivity index (χ2v) is 8.70. The van der Waals surface area contributed by atoms with Crippen molar-refractivity contribution < 1.29 is 14.0 Å². The Morgan fingerprint density at radius 1 is 1.10 bits per heavy atom. The summed E-state index contributed by atoms with van der Waals surface area (Å²) in [5, 5.41) is 8.85. The van der Waals surface area contributed by atoms with Crippen molar-refractivity contribution >= 4 is 34.9 Å². The van der Waals surface area contributed by atoms with Gasteiger partial charge in [-0.05, 0) is 80.2 Å². The number of carbonyl (C=O) groups is 2. The molecule has 31 heavy (non-hydrogen) atoms. The van der Waals surface area contributed by atoms with Crippen LogP contribution in [0.15, 0.2) is 41.4 Å². The molecule has 9 heteroatoms. The zero-order valence-electron chi connectivity index (χ0n) is 16.9. The molecule has 2 amide bonds. The van der Waals surface area contributed by atoms with Gasteiger partial charge in [-0.2, -0.15) is 0 Å². The summed E-state index contributed by atoms with van der Waals surface area (Å²) in [6.45, 7) is 0.877. The van der Waals surface area contributed by atoms with Crippen molar-refractivity contribution in [2.75, 3.05) is 11.9 Å². The highest BCUT2D eigenvalue weighted by Gasteiger charge is 2.25. The van der Waals surface area contributed by atoms with Gasteiger partial charge in [-0.3, -0.25) is 14.9 Å². The number of amides is 2. The van der Waals surface area contributed by atoms with Gasteiger partial charge in [-0.25, -0.2) is 14.4 Å². The first-order chi connectivity index (χ1) is 15.0. The van der Waals surface area contributed by atoms with Gasteiger partial charge >= 0.3 is 0 Å². The Kier molecular flexibility index (Phi) is 6.93. The van der Waals surface area contributed by atoms with Crippen molar-refractivity contribution in [1.82, 2.24) is 20.6 Å².